The number of nitrogens with zero attached hydrogens (tertiary/aromatic N) is 2. The highest BCUT2D eigenvalue weighted by Gasteiger charge is 2.56. The first-order chi connectivity index (χ1) is 14.9. The molecular weight excluding hydrogens is 445 g/mol. The zero-order chi connectivity index (χ0) is 25.0. The molecule has 4 atom stereocenters. The summed E-state index contributed by atoms with van der Waals surface area (Å²) in [4.78, 5) is 16.2. The van der Waals surface area contributed by atoms with Crippen molar-refractivity contribution in [1.29, 1.82) is 0 Å². The molecule has 186 valence electrons. The Morgan fingerprint density at radius 2 is 1.88 bits per heavy atom. The highest BCUT2D eigenvalue weighted by atomic mass is 28.4. The molecule has 0 unspecified atom stereocenters. The van der Waals surface area contributed by atoms with Crippen LogP contribution in [0.5, 0.6) is 0 Å². The van der Waals surface area contributed by atoms with Gasteiger partial charge in [0.05, 0.1) is 18.6 Å². The Labute approximate surface area is 196 Å². The van der Waals surface area contributed by atoms with Gasteiger partial charge >= 0.3 is 0 Å². The number of amides is 1. The Balaban J connectivity index is 1.94. The van der Waals surface area contributed by atoms with Gasteiger partial charge in [-0.25, -0.2) is 9.37 Å². The molecule has 0 bridgehead atoms. The number of alkyl halides is 1. The number of hydrogen-bond acceptors (Lipinski definition) is 6. The Hall–Kier alpha value is -1.59. The molecule has 0 aliphatic carbocycles. The number of fused-ring (bicyclic) bond motifs is 1. The van der Waals surface area contributed by atoms with Crippen LogP contribution in [0.15, 0.2) is 12.4 Å². The van der Waals surface area contributed by atoms with Gasteiger partial charge in [0.2, 0.25) is 0 Å². The van der Waals surface area contributed by atoms with Crippen molar-refractivity contribution in [2.24, 2.45) is 5.73 Å². The summed E-state index contributed by atoms with van der Waals surface area (Å²) in [6, 6.07) is 0. The van der Waals surface area contributed by atoms with Gasteiger partial charge in [-0.1, -0.05) is 20.8 Å². The van der Waals surface area contributed by atoms with Crippen molar-refractivity contribution in [3.05, 3.63) is 23.8 Å². The number of allylic oxidation sites excluding steroid dienone is 1. The van der Waals surface area contributed by atoms with Gasteiger partial charge in [-0.15, -0.1) is 0 Å². The van der Waals surface area contributed by atoms with Crippen molar-refractivity contribution in [2.75, 3.05) is 6.61 Å². The molecule has 8 nitrogen and oxygen atoms in total. The maximum absolute atomic E-state index is 14.2. The van der Waals surface area contributed by atoms with Gasteiger partial charge in [-0.2, -0.15) is 0 Å². The third kappa shape index (κ3) is 5.56. The minimum Gasteiger partial charge on any atom is -0.414 e. The Morgan fingerprint density at radius 3 is 2.42 bits per heavy atom. The second kappa shape index (κ2) is 8.57. The molecule has 2 fully saturated rings. The van der Waals surface area contributed by atoms with Crippen LogP contribution in [0.2, 0.25) is 18.1 Å². The molecule has 0 aromatic carbocycles. The largest absolute Gasteiger partial charge is 0.414 e. The second-order valence-corrected chi connectivity index (χ2v) is 16.2. The number of rotatable bonds is 7. The number of ether oxygens (including phenoxy) is 3. The maximum atomic E-state index is 14.2. The van der Waals surface area contributed by atoms with E-state index in [1.165, 1.54) is 32.3 Å². The van der Waals surface area contributed by atoms with Crippen LogP contribution in [0, 0.1) is 0 Å². The number of halogens is 1. The zero-order valence-electron chi connectivity index (χ0n) is 21.1. The number of carbonyl (C=O) groups is 1. The average Bonchev–Trinajstić information content (AvgIpc) is 3.27. The summed E-state index contributed by atoms with van der Waals surface area (Å²) in [5, 5.41) is 0.0502. The summed E-state index contributed by atoms with van der Waals surface area (Å²) < 4.78 is 41.0. The molecule has 10 heteroatoms. The van der Waals surface area contributed by atoms with Crippen molar-refractivity contribution in [3.63, 3.8) is 0 Å². The van der Waals surface area contributed by atoms with Crippen LogP contribution in [0.3, 0.4) is 0 Å². The van der Waals surface area contributed by atoms with E-state index in [-0.39, 0.29) is 22.9 Å². The predicted octanol–water partition coefficient (Wildman–Crippen LogP) is 4.18. The van der Waals surface area contributed by atoms with E-state index in [1.807, 2.05) is 13.8 Å². The van der Waals surface area contributed by atoms with Gasteiger partial charge in [-0.05, 0) is 58.0 Å². The monoisotopic (exact) mass is 483 g/mol. The van der Waals surface area contributed by atoms with E-state index in [0.717, 1.165) is 0 Å². The average molecular weight is 484 g/mol. The number of hydrogen-bond donors (Lipinski definition) is 1. The highest BCUT2D eigenvalue weighted by Crippen LogP contribution is 2.45. The minimum atomic E-state index is -2.02. The van der Waals surface area contributed by atoms with Crippen molar-refractivity contribution >= 4 is 20.3 Å². The molecule has 1 amide bonds. The van der Waals surface area contributed by atoms with Gasteiger partial charge in [0.25, 0.3) is 5.91 Å². The van der Waals surface area contributed by atoms with Crippen LogP contribution < -0.4 is 5.73 Å². The van der Waals surface area contributed by atoms with Crippen LogP contribution in [-0.4, -0.2) is 60.2 Å². The molecule has 33 heavy (non-hydrogen) atoms. The normalized spacial score (nSPS) is 27.9. The lowest BCUT2D eigenvalue weighted by atomic mass is 10.1. The molecule has 0 radical (unpaired) electrons. The van der Waals surface area contributed by atoms with Gasteiger partial charge in [0, 0.05) is 0 Å². The number of carbonyl (C=O) groups excluding carboxylic acids is 1. The van der Waals surface area contributed by atoms with Crippen LogP contribution in [-0.2, 0) is 18.6 Å². The summed E-state index contributed by atoms with van der Waals surface area (Å²) >= 11 is 0. The fourth-order valence-corrected chi connectivity index (χ4v) is 4.74. The zero-order valence-corrected chi connectivity index (χ0v) is 22.1. The standard InChI is InChI=1S/C23H38FN3O5Si/c1-21(2,3)33(8,9)29-12-15-17-18(32-23(6,7)31-17)20(30-15)27-13-26-16(19(25)28)14(27)10-11-22(4,5)24/h10-11,13,15,17-18,20H,12H2,1-9H3,(H2,25,28)/b11-10+/t15-,17-,18-,20-/m1/s1. The quantitative estimate of drug-likeness (QED) is 0.584. The van der Waals surface area contributed by atoms with Gasteiger partial charge in [0.1, 0.15) is 24.0 Å². The molecule has 0 saturated carbocycles. The summed E-state index contributed by atoms with van der Waals surface area (Å²) in [6.45, 7) is 17.8. The second-order valence-electron chi connectivity index (χ2n) is 11.3. The van der Waals surface area contributed by atoms with E-state index in [2.05, 4.69) is 38.8 Å². The lowest BCUT2D eigenvalue weighted by Gasteiger charge is -2.37. The Morgan fingerprint density at radius 1 is 1.27 bits per heavy atom. The number of nitrogens with two attached hydrogens (primary N) is 1. The van der Waals surface area contributed by atoms with E-state index < -0.39 is 38.0 Å². The molecule has 2 saturated heterocycles. The van der Waals surface area contributed by atoms with Crippen LogP contribution in [0.4, 0.5) is 4.39 Å². The van der Waals surface area contributed by atoms with Gasteiger partial charge in [0.15, 0.2) is 26.0 Å². The van der Waals surface area contributed by atoms with Crippen LogP contribution >= 0.6 is 0 Å². The van der Waals surface area contributed by atoms with E-state index in [1.54, 1.807) is 4.57 Å². The Kier molecular flexibility index (Phi) is 6.75. The maximum Gasteiger partial charge on any atom is 0.269 e. The number of primary amides is 1. The first-order valence-electron chi connectivity index (χ1n) is 11.3. The molecule has 0 spiro atoms. The van der Waals surface area contributed by atoms with Crippen molar-refractivity contribution in [2.45, 2.75) is 103 Å². The van der Waals surface area contributed by atoms with Crippen molar-refractivity contribution in [1.82, 2.24) is 9.55 Å². The smallest absolute Gasteiger partial charge is 0.269 e. The van der Waals surface area contributed by atoms with E-state index in [9.17, 15) is 9.18 Å². The highest BCUT2D eigenvalue weighted by molar-refractivity contribution is 6.74. The molecule has 2 aliphatic heterocycles. The third-order valence-electron chi connectivity index (χ3n) is 6.52. The Bertz CT molecular complexity index is 916. The molecule has 1 aromatic heterocycles. The van der Waals surface area contributed by atoms with Gasteiger partial charge < -0.3 is 28.9 Å². The van der Waals surface area contributed by atoms with Crippen molar-refractivity contribution < 1.29 is 27.8 Å². The SMILES string of the molecule is CC(C)(F)/C=C/c1c(C(N)=O)ncn1[C@@H]1O[C@H](CO[Si](C)(C)C(C)(C)C)[C@H]2OC(C)(C)O[C@H]21. The van der Waals surface area contributed by atoms with Crippen molar-refractivity contribution in [3.8, 4) is 0 Å². The summed E-state index contributed by atoms with van der Waals surface area (Å²) in [5.74, 6) is -1.52. The fourth-order valence-electron chi connectivity index (χ4n) is 3.73. The number of imidazole rings is 1. The first-order valence-corrected chi connectivity index (χ1v) is 14.2. The summed E-state index contributed by atoms with van der Waals surface area (Å²) in [5.41, 5.74) is 4.33. The van der Waals surface area contributed by atoms with Crippen LogP contribution in [0.1, 0.15) is 70.9 Å². The molecule has 2 aliphatic rings. The summed E-state index contributed by atoms with van der Waals surface area (Å²) in [6.07, 6.45) is 2.47. The summed E-state index contributed by atoms with van der Waals surface area (Å²) in [7, 11) is -2.02. The predicted molar refractivity (Wildman–Crippen MR) is 126 cm³/mol. The minimum absolute atomic E-state index is 0.0369. The van der Waals surface area contributed by atoms with E-state index in [0.29, 0.717) is 12.3 Å². The topological polar surface area (TPSA) is 97.8 Å². The lowest BCUT2D eigenvalue weighted by Crippen LogP contribution is -2.44. The molecule has 3 rings (SSSR count). The van der Waals surface area contributed by atoms with Crippen LogP contribution in [0.25, 0.3) is 6.08 Å². The fraction of sp³-hybridized carbons (Fsp3) is 0.739. The molecule has 2 N–H and O–H groups in total. The van der Waals surface area contributed by atoms with E-state index >= 15 is 0 Å². The third-order valence-corrected chi connectivity index (χ3v) is 11.0. The molecule has 1 aromatic rings. The molecule has 3 heterocycles. The first kappa shape index (κ1) is 26.0. The van der Waals surface area contributed by atoms with E-state index in [4.69, 9.17) is 24.4 Å². The number of aromatic nitrogens is 2. The lowest BCUT2D eigenvalue weighted by molar-refractivity contribution is -0.199. The molecular formula is C23H38FN3O5Si. The van der Waals surface area contributed by atoms with Gasteiger partial charge in [-0.3, -0.25) is 4.79 Å².